The number of allylic oxidation sites excluding steroid dienone is 1. The largest absolute Gasteiger partial charge is 0.396 e. The van der Waals surface area contributed by atoms with Crippen molar-refractivity contribution in [1.82, 2.24) is 0 Å². The summed E-state index contributed by atoms with van der Waals surface area (Å²) >= 11 is 0. The van der Waals surface area contributed by atoms with Crippen LogP contribution >= 0.6 is 0 Å². The highest BCUT2D eigenvalue weighted by Crippen LogP contribution is 2.68. The van der Waals surface area contributed by atoms with E-state index >= 15 is 0 Å². The Kier molecular flexibility index (Phi) is 6.50. The van der Waals surface area contributed by atoms with Crippen LogP contribution in [0.25, 0.3) is 0 Å². The van der Waals surface area contributed by atoms with Gasteiger partial charge in [-0.1, -0.05) is 65.5 Å². The van der Waals surface area contributed by atoms with Gasteiger partial charge in [0.25, 0.3) is 0 Å². The summed E-state index contributed by atoms with van der Waals surface area (Å²) in [6.45, 7) is 12.7. The molecule has 0 aromatic heterocycles. The summed E-state index contributed by atoms with van der Waals surface area (Å²) in [6.07, 6.45) is 14.7. The molecule has 2 nitrogen and oxygen atoms in total. The van der Waals surface area contributed by atoms with Crippen molar-refractivity contribution in [3.05, 3.63) is 11.6 Å². The van der Waals surface area contributed by atoms with Gasteiger partial charge < -0.3 is 10.2 Å². The molecule has 30 heavy (non-hydrogen) atoms. The van der Waals surface area contributed by atoms with E-state index in [9.17, 15) is 10.2 Å². The van der Waals surface area contributed by atoms with Crippen molar-refractivity contribution >= 4 is 0 Å². The van der Waals surface area contributed by atoms with Gasteiger partial charge in [0.1, 0.15) is 0 Å². The van der Waals surface area contributed by atoms with Gasteiger partial charge in [-0.05, 0) is 97.2 Å². The Morgan fingerprint density at radius 3 is 2.53 bits per heavy atom. The van der Waals surface area contributed by atoms with E-state index in [1.54, 1.807) is 5.57 Å². The van der Waals surface area contributed by atoms with E-state index in [1.165, 1.54) is 51.4 Å². The van der Waals surface area contributed by atoms with E-state index in [1.807, 2.05) is 0 Å². The van der Waals surface area contributed by atoms with Crippen molar-refractivity contribution in [1.29, 1.82) is 0 Å². The molecular formula is C28H48O2. The van der Waals surface area contributed by atoms with Gasteiger partial charge in [-0.3, -0.25) is 0 Å². The molecule has 3 saturated carbocycles. The molecule has 0 spiro atoms. The van der Waals surface area contributed by atoms with Crippen molar-refractivity contribution in [3.8, 4) is 0 Å². The van der Waals surface area contributed by atoms with E-state index < -0.39 is 0 Å². The molecule has 0 saturated heterocycles. The highest BCUT2D eigenvalue weighted by molar-refractivity contribution is 5.25. The number of hydrogen-bond donors (Lipinski definition) is 2. The molecule has 0 aliphatic heterocycles. The summed E-state index contributed by atoms with van der Waals surface area (Å²) in [5.41, 5.74) is 2.29. The average Bonchev–Trinajstić information content (AvgIpc) is 3.00. The fourth-order valence-electron chi connectivity index (χ4n) is 9.19. The van der Waals surface area contributed by atoms with Crippen LogP contribution in [0.2, 0.25) is 0 Å². The lowest BCUT2D eigenvalue weighted by atomic mass is 9.47. The normalized spacial score (nSPS) is 46.7. The second kappa shape index (κ2) is 8.54. The van der Waals surface area contributed by atoms with Gasteiger partial charge in [0.15, 0.2) is 0 Å². The Balaban J connectivity index is 1.56. The molecule has 3 fully saturated rings. The van der Waals surface area contributed by atoms with Crippen molar-refractivity contribution in [2.45, 2.75) is 105 Å². The zero-order chi connectivity index (χ0) is 21.7. The summed E-state index contributed by atoms with van der Waals surface area (Å²) in [5, 5.41) is 20.6. The standard InChI is InChI=1S/C28H48O2/c1-18(2)7-6-8-19(3)26-20(17-29)15-25-23-10-9-21-16-22(30)11-13-27(21,4)24(23)12-14-28(25,26)5/h9,18-20,22-26,29-30H,6-8,10-17H2,1-5H3/t19-,20?,22+,23-,24+,25+,26+,27+,28+/m1/s1. The van der Waals surface area contributed by atoms with Crippen molar-refractivity contribution < 1.29 is 10.2 Å². The first kappa shape index (κ1) is 22.8. The van der Waals surface area contributed by atoms with Crippen molar-refractivity contribution in [2.24, 2.45) is 52.3 Å². The van der Waals surface area contributed by atoms with Crippen LogP contribution in [0.5, 0.6) is 0 Å². The molecule has 9 atom stereocenters. The highest BCUT2D eigenvalue weighted by atomic mass is 16.3. The molecule has 0 radical (unpaired) electrons. The summed E-state index contributed by atoms with van der Waals surface area (Å²) in [4.78, 5) is 0. The molecular weight excluding hydrogens is 368 g/mol. The minimum absolute atomic E-state index is 0.115. The first-order chi connectivity index (χ1) is 14.2. The van der Waals surface area contributed by atoms with Gasteiger partial charge in [-0.15, -0.1) is 0 Å². The lowest BCUT2D eigenvalue weighted by molar-refractivity contribution is -0.0597. The topological polar surface area (TPSA) is 40.5 Å². The molecule has 4 rings (SSSR count). The quantitative estimate of drug-likeness (QED) is 0.478. The van der Waals surface area contributed by atoms with Crippen LogP contribution in [0, 0.1) is 52.3 Å². The predicted molar refractivity (Wildman–Crippen MR) is 125 cm³/mol. The molecule has 0 bridgehead atoms. The van der Waals surface area contributed by atoms with Gasteiger partial charge in [-0.25, -0.2) is 0 Å². The molecule has 172 valence electrons. The Labute approximate surface area is 185 Å². The van der Waals surface area contributed by atoms with Gasteiger partial charge in [0.05, 0.1) is 6.10 Å². The lowest BCUT2D eigenvalue weighted by Gasteiger charge is -2.58. The Morgan fingerprint density at radius 2 is 1.83 bits per heavy atom. The van der Waals surface area contributed by atoms with E-state index in [4.69, 9.17) is 0 Å². The lowest BCUT2D eigenvalue weighted by Crippen LogP contribution is -2.51. The van der Waals surface area contributed by atoms with Crippen molar-refractivity contribution in [2.75, 3.05) is 6.61 Å². The number of fused-ring (bicyclic) bond motifs is 5. The number of hydrogen-bond acceptors (Lipinski definition) is 2. The number of aliphatic hydroxyl groups is 2. The van der Waals surface area contributed by atoms with E-state index in [0.29, 0.717) is 29.3 Å². The summed E-state index contributed by atoms with van der Waals surface area (Å²) < 4.78 is 0. The fourth-order valence-corrected chi connectivity index (χ4v) is 9.19. The predicted octanol–water partition coefficient (Wildman–Crippen LogP) is 6.61. The highest BCUT2D eigenvalue weighted by Gasteiger charge is 2.61. The Hall–Kier alpha value is -0.340. The summed E-state index contributed by atoms with van der Waals surface area (Å²) in [6, 6.07) is 0. The monoisotopic (exact) mass is 416 g/mol. The van der Waals surface area contributed by atoms with Crippen LogP contribution in [0.3, 0.4) is 0 Å². The van der Waals surface area contributed by atoms with Crippen molar-refractivity contribution in [3.63, 3.8) is 0 Å². The average molecular weight is 417 g/mol. The molecule has 4 aliphatic carbocycles. The molecule has 0 aromatic rings. The molecule has 1 unspecified atom stereocenters. The van der Waals surface area contributed by atoms with Crippen LogP contribution in [0.15, 0.2) is 11.6 Å². The number of aliphatic hydroxyl groups excluding tert-OH is 2. The SMILES string of the molecule is CC(C)CCC[C@@H](C)[C@H]1C(CO)C[C@H]2[C@@H]3CC=C4C[C@@H](O)CC[C@]4(C)[C@H]3CC[C@]12C. The Bertz CT molecular complexity index is 639. The van der Waals surface area contributed by atoms with Gasteiger partial charge >= 0.3 is 0 Å². The van der Waals surface area contributed by atoms with Gasteiger partial charge in [0.2, 0.25) is 0 Å². The second-order valence-corrected chi connectivity index (χ2v) is 12.7. The zero-order valence-corrected chi connectivity index (χ0v) is 20.4. The smallest absolute Gasteiger partial charge is 0.0577 e. The maximum absolute atomic E-state index is 10.4. The molecule has 2 heteroatoms. The van der Waals surface area contributed by atoms with Crippen LogP contribution in [0.1, 0.15) is 98.8 Å². The maximum atomic E-state index is 10.4. The Morgan fingerprint density at radius 1 is 1.07 bits per heavy atom. The molecule has 2 N–H and O–H groups in total. The van der Waals surface area contributed by atoms with Crippen LogP contribution in [0.4, 0.5) is 0 Å². The van der Waals surface area contributed by atoms with Crippen LogP contribution < -0.4 is 0 Å². The minimum atomic E-state index is -0.115. The third kappa shape index (κ3) is 3.72. The maximum Gasteiger partial charge on any atom is 0.0577 e. The third-order valence-electron chi connectivity index (χ3n) is 10.6. The fraction of sp³-hybridized carbons (Fsp3) is 0.929. The first-order valence-corrected chi connectivity index (χ1v) is 13.2. The third-order valence-corrected chi connectivity index (χ3v) is 10.6. The van der Waals surface area contributed by atoms with E-state index in [0.717, 1.165) is 42.4 Å². The van der Waals surface area contributed by atoms with Crippen LogP contribution in [-0.4, -0.2) is 22.9 Å². The minimum Gasteiger partial charge on any atom is -0.396 e. The van der Waals surface area contributed by atoms with E-state index in [2.05, 4.69) is 40.7 Å². The summed E-state index contributed by atoms with van der Waals surface area (Å²) in [7, 11) is 0. The first-order valence-electron chi connectivity index (χ1n) is 13.2. The molecule has 0 amide bonds. The molecule has 0 heterocycles. The van der Waals surface area contributed by atoms with E-state index in [-0.39, 0.29) is 6.10 Å². The second-order valence-electron chi connectivity index (χ2n) is 12.7. The molecule has 4 aliphatic rings. The van der Waals surface area contributed by atoms with Gasteiger partial charge in [-0.2, -0.15) is 0 Å². The van der Waals surface area contributed by atoms with Gasteiger partial charge in [0, 0.05) is 6.61 Å². The van der Waals surface area contributed by atoms with Crippen LogP contribution in [-0.2, 0) is 0 Å². The zero-order valence-electron chi connectivity index (χ0n) is 20.4. The number of rotatable bonds is 6. The summed E-state index contributed by atoms with van der Waals surface area (Å²) in [5.74, 6) is 5.05. The molecule has 0 aromatic carbocycles.